The molecule has 2 rings (SSSR count). The lowest BCUT2D eigenvalue weighted by Gasteiger charge is -2.08. The topological polar surface area (TPSA) is 104 Å². The average Bonchev–Trinajstić information content (AvgIpc) is 2.45. The van der Waals surface area contributed by atoms with E-state index >= 15 is 0 Å². The molecule has 0 aliphatic carbocycles. The lowest BCUT2D eigenvalue weighted by atomic mass is 10.1. The molecule has 0 spiro atoms. The molecule has 6 nitrogen and oxygen atoms in total. The number of aliphatic hydroxyl groups is 2. The highest BCUT2D eigenvalue weighted by molar-refractivity contribution is 5.64. The van der Waals surface area contributed by atoms with Crippen LogP contribution in [0.5, 0.6) is 0 Å². The van der Waals surface area contributed by atoms with Crippen LogP contribution in [0.2, 0.25) is 0 Å². The molecule has 0 amide bonds. The SMILES string of the molecule is Nc1nc(NCCO)cc(-c2ccc(F)c(CO)c2)n1. The summed E-state index contributed by atoms with van der Waals surface area (Å²) in [7, 11) is 0. The lowest BCUT2D eigenvalue weighted by Crippen LogP contribution is -2.09. The van der Waals surface area contributed by atoms with Crippen molar-refractivity contribution in [2.24, 2.45) is 0 Å². The van der Waals surface area contributed by atoms with Gasteiger partial charge in [-0.25, -0.2) is 9.37 Å². The van der Waals surface area contributed by atoms with Crippen molar-refractivity contribution in [1.82, 2.24) is 9.97 Å². The highest BCUT2D eigenvalue weighted by Crippen LogP contribution is 2.23. The van der Waals surface area contributed by atoms with Gasteiger partial charge in [0.1, 0.15) is 11.6 Å². The summed E-state index contributed by atoms with van der Waals surface area (Å²) >= 11 is 0. The maximum Gasteiger partial charge on any atom is 0.222 e. The van der Waals surface area contributed by atoms with Crippen LogP contribution in [0.1, 0.15) is 5.56 Å². The van der Waals surface area contributed by atoms with Gasteiger partial charge < -0.3 is 21.3 Å². The second-order valence-electron chi connectivity index (χ2n) is 4.11. The molecule has 2 aromatic rings. The van der Waals surface area contributed by atoms with E-state index in [0.717, 1.165) is 0 Å². The number of nitrogens with one attached hydrogen (secondary N) is 1. The summed E-state index contributed by atoms with van der Waals surface area (Å²) in [5.74, 6) is 0.0612. The standard InChI is InChI=1S/C13H15FN4O2/c14-10-2-1-8(5-9(10)7-20)11-6-12(16-3-4-19)18-13(15)17-11/h1-2,5-6,19-20H,3-4,7H2,(H3,15,16,17,18). The van der Waals surface area contributed by atoms with Crippen molar-refractivity contribution in [3.8, 4) is 11.3 Å². The number of hydrogen-bond donors (Lipinski definition) is 4. The summed E-state index contributed by atoms with van der Waals surface area (Å²) in [6.45, 7) is -0.0957. The monoisotopic (exact) mass is 278 g/mol. The van der Waals surface area contributed by atoms with Crippen molar-refractivity contribution in [1.29, 1.82) is 0 Å². The molecule has 0 aliphatic rings. The first-order chi connectivity index (χ1) is 9.63. The number of nitrogens with two attached hydrogens (primary N) is 1. The van der Waals surface area contributed by atoms with E-state index in [1.807, 2.05) is 0 Å². The Bertz CT molecular complexity index is 607. The molecular weight excluding hydrogens is 263 g/mol. The van der Waals surface area contributed by atoms with Crippen LogP contribution in [0, 0.1) is 5.82 Å². The highest BCUT2D eigenvalue weighted by atomic mass is 19.1. The second-order valence-corrected chi connectivity index (χ2v) is 4.11. The Kier molecular flexibility index (Phi) is 4.44. The summed E-state index contributed by atoms with van der Waals surface area (Å²) in [5, 5.41) is 20.7. The van der Waals surface area contributed by atoms with Crippen LogP contribution in [-0.4, -0.2) is 33.3 Å². The molecule has 7 heteroatoms. The summed E-state index contributed by atoms with van der Waals surface area (Å²) in [6, 6.07) is 5.96. The second kappa shape index (κ2) is 6.27. The largest absolute Gasteiger partial charge is 0.395 e. The van der Waals surface area contributed by atoms with Crippen molar-refractivity contribution >= 4 is 11.8 Å². The Balaban J connectivity index is 2.38. The molecule has 0 unspecified atom stereocenters. The van der Waals surface area contributed by atoms with Gasteiger partial charge in [0.05, 0.1) is 18.9 Å². The van der Waals surface area contributed by atoms with Crippen LogP contribution in [0.15, 0.2) is 24.3 Å². The quantitative estimate of drug-likeness (QED) is 0.643. The van der Waals surface area contributed by atoms with Gasteiger partial charge in [0.2, 0.25) is 5.95 Å². The van der Waals surface area contributed by atoms with Gasteiger partial charge in [0.15, 0.2) is 0 Å². The molecule has 0 fully saturated rings. The van der Waals surface area contributed by atoms with E-state index in [9.17, 15) is 4.39 Å². The van der Waals surface area contributed by atoms with Gasteiger partial charge in [-0.05, 0) is 18.2 Å². The highest BCUT2D eigenvalue weighted by Gasteiger charge is 2.08. The number of rotatable bonds is 5. The molecule has 0 radical (unpaired) electrons. The first kappa shape index (κ1) is 14.2. The summed E-state index contributed by atoms with van der Waals surface area (Å²) in [4.78, 5) is 8.06. The zero-order valence-corrected chi connectivity index (χ0v) is 10.7. The minimum atomic E-state index is -0.475. The number of hydrogen-bond acceptors (Lipinski definition) is 6. The molecule has 1 aromatic heterocycles. The normalized spacial score (nSPS) is 10.6. The molecule has 1 aromatic carbocycles. The van der Waals surface area contributed by atoms with Crippen molar-refractivity contribution in [2.45, 2.75) is 6.61 Å². The Labute approximate surface area is 115 Å². The molecule has 0 saturated carbocycles. The van der Waals surface area contributed by atoms with Crippen LogP contribution >= 0.6 is 0 Å². The van der Waals surface area contributed by atoms with Crippen molar-refractivity contribution in [3.05, 3.63) is 35.6 Å². The fraction of sp³-hybridized carbons (Fsp3) is 0.231. The first-order valence-corrected chi connectivity index (χ1v) is 6.03. The van der Waals surface area contributed by atoms with E-state index in [1.54, 1.807) is 12.1 Å². The molecule has 0 aliphatic heterocycles. The Hall–Kier alpha value is -2.25. The molecule has 1 heterocycles. The van der Waals surface area contributed by atoms with Gasteiger partial charge in [-0.1, -0.05) is 0 Å². The Morgan fingerprint density at radius 3 is 2.70 bits per heavy atom. The third kappa shape index (κ3) is 3.19. The zero-order valence-electron chi connectivity index (χ0n) is 10.7. The summed E-state index contributed by atoms with van der Waals surface area (Å²) < 4.78 is 13.4. The summed E-state index contributed by atoms with van der Waals surface area (Å²) in [5.41, 5.74) is 6.93. The molecular formula is C13H15FN4O2. The van der Waals surface area contributed by atoms with Gasteiger partial charge in [-0.2, -0.15) is 4.98 Å². The fourth-order valence-corrected chi connectivity index (χ4v) is 1.74. The molecule has 106 valence electrons. The maximum atomic E-state index is 13.4. The van der Waals surface area contributed by atoms with Gasteiger partial charge >= 0.3 is 0 Å². The Morgan fingerprint density at radius 1 is 1.20 bits per heavy atom. The van der Waals surface area contributed by atoms with Gasteiger partial charge in [-0.3, -0.25) is 0 Å². The molecule has 0 bridgehead atoms. The molecule has 0 atom stereocenters. The number of anilines is 2. The number of benzene rings is 1. The van der Waals surface area contributed by atoms with E-state index in [0.29, 0.717) is 23.6 Å². The van der Waals surface area contributed by atoms with Crippen LogP contribution in [0.3, 0.4) is 0 Å². The Morgan fingerprint density at radius 2 is 2.00 bits per heavy atom. The van der Waals surface area contributed by atoms with Crippen molar-refractivity contribution in [2.75, 3.05) is 24.2 Å². The minimum Gasteiger partial charge on any atom is -0.395 e. The smallest absolute Gasteiger partial charge is 0.222 e. The van der Waals surface area contributed by atoms with Crippen LogP contribution < -0.4 is 11.1 Å². The summed E-state index contributed by atoms with van der Waals surface area (Å²) in [6.07, 6.45) is 0. The number of nitrogen functional groups attached to an aromatic ring is 1. The van der Waals surface area contributed by atoms with Crippen molar-refractivity contribution in [3.63, 3.8) is 0 Å². The van der Waals surface area contributed by atoms with Crippen molar-refractivity contribution < 1.29 is 14.6 Å². The minimum absolute atomic E-state index is 0.0373. The van der Waals surface area contributed by atoms with Gasteiger partial charge in [-0.15, -0.1) is 0 Å². The molecule has 5 N–H and O–H groups in total. The number of aliphatic hydroxyl groups excluding tert-OH is 2. The fourth-order valence-electron chi connectivity index (χ4n) is 1.74. The van der Waals surface area contributed by atoms with Crippen LogP contribution in [0.4, 0.5) is 16.2 Å². The van der Waals surface area contributed by atoms with E-state index in [-0.39, 0.29) is 18.1 Å². The lowest BCUT2D eigenvalue weighted by molar-refractivity contribution is 0.276. The molecule has 20 heavy (non-hydrogen) atoms. The third-order valence-corrected chi connectivity index (χ3v) is 2.67. The zero-order chi connectivity index (χ0) is 14.5. The first-order valence-electron chi connectivity index (χ1n) is 6.03. The number of halogens is 1. The third-order valence-electron chi connectivity index (χ3n) is 2.67. The van der Waals surface area contributed by atoms with Gasteiger partial charge in [0.25, 0.3) is 0 Å². The predicted molar refractivity (Wildman–Crippen MR) is 73.3 cm³/mol. The van der Waals surface area contributed by atoms with Gasteiger partial charge in [0, 0.05) is 23.7 Å². The molecule has 0 saturated heterocycles. The maximum absolute atomic E-state index is 13.4. The van der Waals surface area contributed by atoms with Crippen LogP contribution in [0.25, 0.3) is 11.3 Å². The van der Waals surface area contributed by atoms with E-state index < -0.39 is 12.4 Å². The van der Waals surface area contributed by atoms with Crippen LogP contribution in [-0.2, 0) is 6.61 Å². The van der Waals surface area contributed by atoms with E-state index in [2.05, 4.69) is 15.3 Å². The van der Waals surface area contributed by atoms with E-state index in [1.165, 1.54) is 12.1 Å². The van der Waals surface area contributed by atoms with E-state index in [4.69, 9.17) is 15.9 Å². The number of nitrogens with zero attached hydrogens (tertiary/aromatic N) is 2. The number of aromatic nitrogens is 2. The average molecular weight is 278 g/mol. The predicted octanol–water partition coefficient (Wildman–Crippen LogP) is 0.761.